The number of likely N-dealkylation sites (tertiary alicyclic amines) is 1. The van der Waals surface area contributed by atoms with Crippen LogP contribution in [0.4, 0.5) is 5.95 Å². The summed E-state index contributed by atoms with van der Waals surface area (Å²) in [5.41, 5.74) is 4.46. The van der Waals surface area contributed by atoms with Gasteiger partial charge in [0.2, 0.25) is 5.95 Å². The van der Waals surface area contributed by atoms with Gasteiger partial charge in [-0.15, -0.1) is 0 Å². The Balaban J connectivity index is 1.65. The van der Waals surface area contributed by atoms with Crippen LogP contribution in [0.1, 0.15) is 34.0 Å². The van der Waals surface area contributed by atoms with Gasteiger partial charge in [-0.05, 0) is 25.0 Å². The number of carbonyl (C=O) groups is 1. The van der Waals surface area contributed by atoms with Crippen molar-refractivity contribution in [2.75, 3.05) is 39.2 Å². The van der Waals surface area contributed by atoms with Crippen LogP contribution in [0.5, 0.6) is 5.75 Å². The summed E-state index contributed by atoms with van der Waals surface area (Å²) < 4.78 is 7.28. The number of methoxy groups -OCH3 is 1. The van der Waals surface area contributed by atoms with Gasteiger partial charge in [0.1, 0.15) is 5.75 Å². The van der Waals surface area contributed by atoms with E-state index in [1.54, 1.807) is 11.8 Å². The Morgan fingerprint density at radius 3 is 2.74 bits per heavy atom. The standard InChI is InChI=1S/C23H28N6O2/c1-15-7-6-8-18(21(15)31-5)22(30)29-10-9-16(14-29)20-19(17-11-25-28(4)13-17)12-24-23(26-20)27(2)3/h6-8,11-13,16H,9-10,14H2,1-5H3. The molecule has 0 aliphatic carbocycles. The molecule has 1 atom stereocenters. The molecule has 8 nitrogen and oxygen atoms in total. The van der Waals surface area contributed by atoms with Crippen LogP contribution in [-0.4, -0.2) is 64.9 Å². The minimum Gasteiger partial charge on any atom is -0.496 e. The molecule has 0 N–H and O–H groups in total. The predicted octanol–water partition coefficient (Wildman–Crippen LogP) is 2.89. The fraction of sp³-hybridized carbons (Fsp3) is 0.391. The van der Waals surface area contributed by atoms with Crippen molar-refractivity contribution in [2.24, 2.45) is 7.05 Å². The number of aromatic nitrogens is 4. The van der Waals surface area contributed by atoms with E-state index in [2.05, 4.69) is 10.1 Å². The molecule has 0 saturated carbocycles. The summed E-state index contributed by atoms with van der Waals surface area (Å²) in [6.07, 6.45) is 6.50. The SMILES string of the molecule is COc1c(C)cccc1C(=O)N1CCC(c2nc(N(C)C)ncc2-c2cnn(C)c2)C1. The molecule has 31 heavy (non-hydrogen) atoms. The summed E-state index contributed by atoms with van der Waals surface area (Å²) >= 11 is 0. The molecule has 0 radical (unpaired) electrons. The Hall–Kier alpha value is -3.42. The van der Waals surface area contributed by atoms with Crippen molar-refractivity contribution in [2.45, 2.75) is 19.3 Å². The maximum atomic E-state index is 13.3. The second-order valence-electron chi connectivity index (χ2n) is 8.16. The predicted molar refractivity (Wildman–Crippen MR) is 120 cm³/mol. The number of rotatable bonds is 5. The van der Waals surface area contributed by atoms with Crippen molar-refractivity contribution in [3.63, 3.8) is 0 Å². The summed E-state index contributed by atoms with van der Waals surface area (Å²) in [6.45, 7) is 3.23. The van der Waals surface area contributed by atoms with Crippen LogP contribution in [0.25, 0.3) is 11.1 Å². The van der Waals surface area contributed by atoms with E-state index in [0.717, 1.165) is 28.8 Å². The van der Waals surface area contributed by atoms with Gasteiger partial charge in [0.25, 0.3) is 5.91 Å². The molecule has 1 aliphatic heterocycles. The van der Waals surface area contributed by atoms with E-state index in [1.807, 2.05) is 74.7 Å². The lowest BCUT2D eigenvalue weighted by Crippen LogP contribution is -2.29. The van der Waals surface area contributed by atoms with E-state index in [0.29, 0.717) is 30.4 Å². The molecule has 1 unspecified atom stereocenters. The lowest BCUT2D eigenvalue weighted by atomic mass is 9.97. The number of hydrogen-bond acceptors (Lipinski definition) is 6. The second kappa shape index (κ2) is 8.37. The third-order valence-electron chi connectivity index (χ3n) is 5.73. The molecule has 3 heterocycles. The molecule has 1 aliphatic rings. The number of ether oxygens (including phenoxy) is 1. The van der Waals surface area contributed by atoms with Crippen LogP contribution in [0.3, 0.4) is 0 Å². The fourth-order valence-corrected chi connectivity index (χ4v) is 4.12. The molecular formula is C23H28N6O2. The quantitative estimate of drug-likeness (QED) is 0.632. The van der Waals surface area contributed by atoms with Crippen molar-refractivity contribution < 1.29 is 9.53 Å². The lowest BCUT2D eigenvalue weighted by molar-refractivity contribution is 0.0787. The van der Waals surface area contributed by atoms with Crippen LogP contribution in [0.15, 0.2) is 36.8 Å². The third-order valence-corrected chi connectivity index (χ3v) is 5.73. The summed E-state index contributed by atoms with van der Waals surface area (Å²) in [5.74, 6) is 1.42. The molecule has 3 aromatic rings. The van der Waals surface area contributed by atoms with Gasteiger partial charge in [0.15, 0.2) is 0 Å². The van der Waals surface area contributed by atoms with Crippen LogP contribution in [0.2, 0.25) is 0 Å². The lowest BCUT2D eigenvalue weighted by Gasteiger charge is -2.20. The first-order valence-corrected chi connectivity index (χ1v) is 10.3. The zero-order chi connectivity index (χ0) is 22.1. The van der Waals surface area contributed by atoms with Gasteiger partial charge in [-0.3, -0.25) is 9.48 Å². The topological polar surface area (TPSA) is 76.4 Å². The average Bonchev–Trinajstić information content (AvgIpc) is 3.42. The number of benzene rings is 1. The minimum atomic E-state index is -0.00660. The van der Waals surface area contributed by atoms with Crippen LogP contribution < -0.4 is 9.64 Å². The molecule has 0 bridgehead atoms. The monoisotopic (exact) mass is 420 g/mol. The number of hydrogen-bond donors (Lipinski definition) is 0. The van der Waals surface area contributed by atoms with Gasteiger partial charge in [0, 0.05) is 63.7 Å². The molecule has 1 saturated heterocycles. The summed E-state index contributed by atoms with van der Waals surface area (Å²) in [4.78, 5) is 26.5. The van der Waals surface area contributed by atoms with E-state index >= 15 is 0 Å². The Morgan fingerprint density at radius 1 is 1.26 bits per heavy atom. The number of anilines is 1. The molecule has 162 valence electrons. The molecule has 2 aromatic heterocycles. The molecule has 1 aromatic carbocycles. The third kappa shape index (κ3) is 3.97. The largest absolute Gasteiger partial charge is 0.496 e. The zero-order valence-corrected chi connectivity index (χ0v) is 18.7. The molecule has 4 rings (SSSR count). The fourth-order valence-electron chi connectivity index (χ4n) is 4.12. The van der Waals surface area contributed by atoms with Gasteiger partial charge >= 0.3 is 0 Å². The van der Waals surface area contributed by atoms with Crippen LogP contribution in [-0.2, 0) is 7.05 Å². The first-order valence-electron chi connectivity index (χ1n) is 10.3. The normalized spacial score (nSPS) is 15.9. The van der Waals surface area contributed by atoms with Crippen LogP contribution in [0, 0.1) is 6.92 Å². The minimum absolute atomic E-state index is 0.00660. The highest BCUT2D eigenvalue weighted by Gasteiger charge is 2.32. The first-order chi connectivity index (χ1) is 14.9. The Labute approximate surface area is 182 Å². The Bertz CT molecular complexity index is 1110. The highest BCUT2D eigenvalue weighted by Crippen LogP contribution is 2.35. The summed E-state index contributed by atoms with van der Waals surface area (Å²) in [5, 5.41) is 4.30. The highest BCUT2D eigenvalue weighted by atomic mass is 16.5. The van der Waals surface area contributed by atoms with Crippen molar-refractivity contribution in [3.05, 3.63) is 53.6 Å². The van der Waals surface area contributed by atoms with Crippen molar-refractivity contribution in [1.82, 2.24) is 24.6 Å². The second-order valence-corrected chi connectivity index (χ2v) is 8.16. The van der Waals surface area contributed by atoms with Gasteiger partial charge in [-0.25, -0.2) is 9.97 Å². The van der Waals surface area contributed by atoms with E-state index in [4.69, 9.17) is 9.72 Å². The van der Waals surface area contributed by atoms with Crippen molar-refractivity contribution >= 4 is 11.9 Å². The van der Waals surface area contributed by atoms with Gasteiger partial charge in [0.05, 0.1) is 24.6 Å². The smallest absolute Gasteiger partial charge is 0.257 e. The first kappa shape index (κ1) is 20.8. The van der Waals surface area contributed by atoms with Crippen LogP contribution >= 0.6 is 0 Å². The molecule has 8 heteroatoms. The maximum Gasteiger partial charge on any atom is 0.257 e. The summed E-state index contributed by atoms with van der Waals surface area (Å²) in [7, 11) is 7.36. The highest BCUT2D eigenvalue weighted by molar-refractivity contribution is 5.97. The van der Waals surface area contributed by atoms with Gasteiger partial charge < -0.3 is 14.5 Å². The number of aryl methyl sites for hydroxylation is 2. The van der Waals surface area contributed by atoms with Gasteiger partial charge in [-0.1, -0.05) is 12.1 Å². The Kier molecular flexibility index (Phi) is 5.63. The molecular weight excluding hydrogens is 392 g/mol. The van der Waals surface area contributed by atoms with E-state index in [9.17, 15) is 4.79 Å². The van der Waals surface area contributed by atoms with Crippen molar-refractivity contribution in [3.8, 4) is 16.9 Å². The summed E-state index contributed by atoms with van der Waals surface area (Å²) in [6, 6.07) is 5.68. The number of carbonyl (C=O) groups excluding carboxylic acids is 1. The zero-order valence-electron chi connectivity index (χ0n) is 18.7. The van der Waals surface area contributed by atoms with E-state index < -0.39 is 0 Å². The maximum absolute atomic E-state index is 13.3. The number of para-hydroxylation sites is 1. The average molecular weight is 421 g/mol. The number of nitrogens with zero attached hydrogens (tertiary/aromatic N) is 6. The molecule has 0 spiro atoms. The number of amides is 1. The van der Waals surface area contributed by atoms with Crippen molar-refractivity contribution in [1.29, 1.82) is 0 Å². The molecule has 1 amide bonds. The van der Waals surface area contributed by atoms with E-state index in [-0.39, 0.29) is 11.8 Å². The van der Waals surface area contributed by atoms with E-state index in [1.165, 1.54) is 0 Å². The Morgan fingerprint density at radius 2 is 2.06 bits per heavy atom. The molecule has 1 fully saturated rings. The van der Waals surface area contributed by atoms with Gasteiger partial charge in [-0.2, -0.15) is 5.10 Å².